The van der Waals surface area contributed by atoms with E-state index in [-0.39, 0.29) is 12.0 Å². The molecule has 6 heteroatoms. The molecule has 1 aliphatic carbocycles. The summed E-state index contributed by atoms with van der Waals surface area (Å²) in [4.78, 5) is 16.8. The molecular weight excluding hydrogens is 356 g/mol. The van der Waals surface area contributed by atoms with Crippen LogP contribution in [0.4, 0.5) is 0 Å². The molecule has 0 radical (unpaired) electrons. The number of aromatic nitrogens is 1. The molecule has 1 heterocycles. The second-order valence-electron chi connectivity index (χ2n) is 6.74. The first-order valence-corrected chi connectivity index (χ1v) is 9.99. The normalized spacial score (nSPS) is 13.9. The van der Waals surface area contributed by atoms with E-state index in [1.165, 1.54) is 12.8 Å². The second kappa shape index (κ2) is 9.97. The fourth-order valence-corrected chi connectivity index (χ4v) is 3.28. The summed E-state index contributed by atoms with van der Waals surface area (Å²) in [6.07, 6.45) is 6.58. The van der Waals surface area contributed by atoms with Crippen LogP contribution >= 0.6 is 0 Å². The van der Waals surface area contributed by atoms with Gasteiger partial charge in [0, 0.05) is 24.4 Å². The number of carbonyl (C=O) groups is 1. The van der Waals surface area contributed by atoms with E-state index in [2.05, 4.69) is 10.3 Å². The Morgan fingerprint density at radius 1 is 1.07 bits per heavy atom. The molecular formula is C22H28N2O4. The fourth-order valence-electron chi connectivity index (χ4n) is 3.28. The van der Waals surface area contributed by atoms with Crippen LogP contribution in [0.15, 0.2) is 36.5 Å². The van der Waals surface area contributed by atoms with Gasteiger partial charge in [0.05, 0.1) is 13.2 Å². The van der Waals surface area contributed by atoms with Gasteiger partial charge in [-0.3, -0.25) is 4.79 Å². The van der Waals surface area contributed by atoms with Crippen molar-refractivity contribution in [3.05, 3.63) is 47.7 Å². The van der Waals surface area contributed by atoms with Crippen molar-refractivity contribution < 1.29 is 19.0 Å². The Labute approximate surface area is 166 Å². The minimum Gasteiger partial charge on any atom is -0.490 e. The highest BCUT2D eigenvalue weighted by Gasteiger charge is 2.17. The number of hydrogen-bond acceptors (Lipinski definition) is 5. The van der Waals surface area contributed by atoms with Gasteiger partial charge in [-0.1, -0.05) is 0 Å². The van der Waals surface area contributed by atoms with Crippen LogP contribution in [0.2, 0.25) is 0 Å². The van der Waals surface area contributed by atoms with E-state index in [1.54, 1.807) is 24.4 Å². The zero-order valence-corrected chi connectivity index (χ0v) is 16.6. The van der Waals surface area contributed by atoms with Crippen molar-refractivity contribution in [2.75, 3.05) is 13.2 Å². The first-order chi connectivity index (χ1) is 13.7. The minimum absolute atomic E-state index is 0.168. The molecule has 150 valence electrons. The molecule has 2 aromatic rings. The molecule has 0 spiro atoms. The summed E-state index contributed by atoms with van der Waals surface area (Å²) in [6.45, 7) is 5.26. The van der Waals surface area contributed by atoms with Crippen LogP contribution in [0.5, 0.6) is 17.4 Å². The molecule has 1 aliphatic rings. The summed E-state index contributed by atoms with van der Waals surface area (Å²) in [5.41, 5.74) is 1.48. The number of amides is 1. The second-order valence-corrected chi connectivity index (χ2v) is 6.74. The molecule has 1 saturated carbocycles. The topological polar surface area (TPSA) is 69.7 Å². The average Bonchev–Trinajstić information content (AvgIpc) is 3.21. The standard InChI is InChI=1S/C22H28N2O4/c1-3-26-19-10-9-17(14-20(19)27-4-2)22(25)24-15-16-11-12-23-21(13-16)28-18-7-5-6-8-18/h9-14,18H,3-8,15H2,1-2H3,(H,24,25). The maximum absolute atomic E-state index is 12.6. The smallest absolute Gasteiger partial charge is 0.251 e. The predicted octanol–water partition coefficient (Wildman–Crippen LogP) is 4.13. The van der Waals surface area contributed by atoms with Gasteiger partial charge in [-0.15, -0.1) is 0 Å². The first-order valence-electron chi connectivity index (χ1n) is 9.99. The van der Waals surface area contributed by atoms with Gasteiger partial charge < -0.3 is 19.5 Å². The van der Waals surface area contributed by atoms with Gasteiger partial charge in [0.25, 0.3) is 5.91 Å². The number of rotatable bonds is 9. The number of benzene rings is 1. The molecule has 1 fully saturated rings. The summed E-state index contributed by atoms with van der Waals surface area (Å²) in [6, 6.07) is 8.99. The Morgan fingerprint density at radius 3 is 2.57 bits per heavy atom. The highest BCUT2D eigenvalue weighted by Crippen LogP contribution is 2.28. The van der Waals surface area contributed by atoms with Gasteiger partial charge in [0.1, 0.15) is 6.10 Å². The quantitative estimate of drug-likeness (QED) is 0.704. The largest absolute Gasteiger partial charge is 0.490 e. The van der Waals surface area contributed by atoms with Crippen LogP contribution < -0.4 is 19.5 Å². The summed E-state index contributed by atoms with van der Waals surface area (Å²) in [5, 5.41) is 2.94. The van der Waals surface area contributed by atoms with E-state index in [0.29, 0.717) is 42.7 Å². The maximum Gasteiger partial charge on any atom is 0.251 e. The lowest BCUT2D eigenvalue weighted by molar-refractivity contribution is 0.0950. The Kier molecular flexibility index (Phi) is 7.12. The highest BCUT2D eigenvalue weighted by atomic mass is 16.5. The number of hydrogen-bond donors (Lipinski definition) is 1. The van der Waals surface area contributed by atoms with E-state index in [1.807, 2.05) is 26.0 Å². The molecule has 1 aromatic heterocycles. The van der Waals surface area contributed by atoms with Gasteiger partial charge >= 0.3 is 0 Å². The van der Waals surface area contributed by atoms with E-state index in [0.717, 1.165) is 18.4 Å². The van der Waals surface area contributed by atoms with E-state index in [9.17, 15) is 4.79 Å². The molecule has 3 rings (SSSR count). The lowest BCUT2D eigenvalue weighted by Crippen LogP contribution is -2.23. The fraction of sp³-hybridized carbons (Fsp3) is 0.455. The molecule has 6 nitrogen and oxygen atoms in total. The van der Waals surface area contributed by atoms with Crippen molar-refractivity contribution in [3.8, 4) is 17.4 Å². The van der Waals surface area contributed by atoms with Crippen LogP contribution in [0.25, 0.3) is 0 Å². The third-order valence-electron chi connectivity index (χ3n) is 4.65. The molecule has 0 atom stereocenters. The molecule has 1 aromatic carbocycles. The zero-order valence-electron chi connectivity index (χ0n) is 16.6. The lowest BCUT2D eigenvalue weighted by atomic mass is 10.1. The SMILES string of the molecule is CCOc1ccc(C(=O)NCc2ccnc(OC3CCCC3)c2)cc1OCC. The number of nitrogens with zero attached hydrogens (tertiary/aromatic N) is 1. The summed E-state index contributed by atoms with van der Waals surface area (Å²) >= 11 is 0. The molecule has 28 heavy (non-hydrogen) atoms. The molecule has 1 N–H and O–H groups in total. The minimum atomic E-state index is -0.168. The van der Waals surface area contributed by atoms with Crippen LogP contribution in [0.1, 0.15) is 55.5 Å². The summed E-state index contributed by atoms with van der Waals surface area (Å²) in [5.74, 6) is 1.68. The van der Waals surface area contributed by atoms with Crippen LogP contribution in [0, 0.1) is 0 Å². The number of ether oxygens (including phenoxy) is 3. The third kappa shape index (κ3) is 5.38. The van der Waals surface area contributed by atoms with E-state index >= 15 is 0 Å². The first kappa shape index (κ1) is 20.0. The molecule has 0 unspecified atom stereocenters. The van der Waals surface area contributed by atoms with Crippen molar-refractivity contribution in [2.24, 2.45) is 0 Å². The van der Waals surface area contributed by atoms with Crippen molar-refractivity contribution >= 4 is 5.91 Å². The van der Waals surface area contributed by atoms with Gasteiger partial charge in [-0.25, -0.2) is 4.98 Å². The van der Waals surface area contributed by atoms with Crippen LogP contribution in [-0.4, -0.2) is 30.2 Å². The summed E-state index contributed by atoms with van der Waals surface area (Å²) < 4.78 is 17.1. The van der Waals surface area contributed by atoms with E-state index in [4.69, 9.17) is 14.2 Å². The number of pyridine rings is 1. The van der Waals surface area contributed by atoms with Gasteiger partial charge in [-0.05, 0) is 69.4 Å². The van der Waals surface area contributed by atoms with Gasteiger partial charge in [0.15, 0.2) is 11.5 Å². The Bertz CT molecular complexity index is 788. The highest BCUT2D eigenvalue weighted by molar-refractivity contribution is 5.94. The monoisotopic (exact) mass is 384 g/mol. The lowest BCUT2D eigenvalue weighted by Gasteiger charge is -2.14. The Hall–Kier alpha value is -2.76. The zero-order chi connectivity index (χ0) is 19.8. The number of carbonyl (C=O) groups excluding carboxylic acids is 1. The van der Waals surface area contributed by atoms with Crippen LogP contribution in [-0.2, 0) is 6.54 Å². The molecule has 0 aliphatic heterocycles. The number of nitrogens with one attached hydrogen (secondary N) is 1. The van der Waals surface area contributed by atoms with Gasteiger partial charge in [-0.2, -0.15) is 0 Å². The van der Waals surface area contributed by atoms with Crippen molar-refractivity contribution in [3.63, 3.8) is 0 Å². The van der Waals surface area contributed by atoms with Crippen molar-refractivity contribution in [2.45, 2.75) is 52.2 Å². The third-order valence-corrected chi connectivity index (χ3v) is 4.65. The van der Waals surface area contributed by atoms with Crippen LogP contribution in [0.3, 0.4) is 0 Å². The Morgan fingerprint density at radius 2 is 1.82 bits per heavy atom. The molecule has 0 bridgehead atoms. The maximum atomic E-state index is 12.6. The van der Waals surface area contributed by atoms with E-state index < -0.39 is 0 Å². The Balaban J connectivity index is 1.61. The van der Waals surface area contributed by atoms with Gasteiger partial charge in [0.2, 0.25) is 5.88 Å². The molecule has 1 amide bonds. The van der Waals surface area contributed by atoms with Crippen molar-refractivity contribution in [1.29, 1.82) is 0 Å². The summed E-state index contributed by atoms with van der Waals surface area (Å²) in [7, 11) is 0. The van der Waals surface area contributed by atoms with Crippen molar-refractivity contribution in [1.82, 2.24) is 10.3 Å². The predicted molar refractivity (Wildman–Crippen MR) is 107 cm³/mol. The average molecular weight is 384 g/mol. The molecule has 0 saturated heterocycles.